The third-order valence-corrected chi connectivity index (χ3v) is 3.84. The third-order valence-electron chi connectivity index (χ3n) is 3.84. The molecule has 1 atom stereocenters. The second kappa shape index (κ2) is 6.26. The minimum absolute atomic E-state index is 0.156. The first-order valence-electron chi connectivity index (χ1n) is 7.25. The molecule has 6 heteroatoms. The molecule has 0 radical (unpaired) electrons. The normalized spacial score (nSPS) is 19.6. The van der Waals surface area contributed by atoms with Crippen LogP contribution in [-0.4, -0.2) is 46.4 Å². The summed E-state index contributed by atoms with van der Waals surface area (Å²) in [6.07, 6.45) is 1.16. The fourth-order valence-electron chi connectivity index (χ4n) is 2.62. The third kappa shape index (κ3) is 3.72. The Morgan fingerprint density at radius 1 is 1.55 bits per heavy atom. The molecule has 0 bridgehead atoms. The standard InChI is InChI=1S/C14H25N5O/c1-10(2)19-6-5-12(9-19)8-15-14(20)16-13-7-11(3)17-18(13)4/h7,10,12H,5-6,8-9H2,1-4H3,(H2,15,16,20). The number of likely N-dealkylation sites (tertiary alicyclic amines) is 1. The van der Waals surface area contributed by atoms with Gasteiger partial charge in [-0.1, -0.05) is 0 Å². The lowest BCUT2D eigenvalue weighted by molar-refractivity contribution is 0.247. The SMILES string of the molecule is Cc1cc(NC(=O)NCC2CCN(C(C)C)C2)n(C)n1. The lowest BCUT2D eigenvalue weighted by Crippen LogP contribution is -2.35. The van der Waals surface area contributed by atoms with Crippen molar-refractivity contribution in [1.29, 1.82) is 0 Å². The van der Waals surface area contributed by atoms with Crippen molar-refractivity contribution in [3.63, 3.8) is 0 Å². The van der Waals surface area contributed by atoms with Gasteiger partial charge in [-0.15, -0.1) is 0 Å². The Balaban J connectivity index is 1.75. The fourth-order valence-corrected chi connectivity index (χ4v) is 2.62. The van der Waals surface area contributed by atoms with Gasteiger partial charge < -0.3 is 10.2 Å². The van der Waals surface area contributed by atoms with Crippen molar-refractivity contribution in [2.75, 3.05) is 25.0 Å². The summed E-state index contributed by atoms with van der Waals surface area (Å²) in [5, 5.41) is 9.98. The van der Waals surface area contributed by atoms with Crippen LogP contribution in [-0.2, 0) is 7.05 Å². The number of carbonyl (C=O) groups is 1. The van der Waals surface area contributed by atoms with Crippen molar-refractivity contribution in [3.8, 4) is 0 Å². The van der Waals surface area contributed by atoms with Gasteiger partial charge in [0, 0.05) is 32.2 Å². The number of carbonyl (C=O) groups excluding carboxylic acids is 1. The summed E-state index contributed by atoms with van der Waals surface area (Å²) in [5.74, 6) is 1.27. The summed E-state index contributed by atoms with van der Waals surface area (Å²) in [6, 6.07) is 2.29. The van der Waals surface area contributed by atoms with E-state index < -0.39 is 0 Å². The molecule has 20 heavy (non-hydrogen) atoms. The maximum Gasteiger partial charge on any atom is 0.320 e. The Morgan fingerprint density at radius 2 is 2.30 bits per heavy atom. The van der Waals surface area contributed by atoms with Gasteiger partial charge in [-0.2, -0.15) is 5.10 Å². The van der Waals surface area contributed by atoms with Gasteiger partial charge in [-0.3, -0.25) is 10.00 Å². The van der Waals surface area contributed by atoms with Crippen LogP contribution in [0, 0.1) is 12.8 Å². The largest absolute Gasteiger partial charge is 0.338 e. The molecule has 1 saturated heterocycles. The van der Waals surface area contributed by atoms with Crippen LogP contribution < -0.4 is 10.6 Å². The molecule has 1 fully saturated rings. The summed E-state index contributed by atoms with van der Waals surface area (Å²) < 4.78 is 1.67. The first kappa shape index (κ1) is 14.8. The maximum absolute atomic E-state index is 11.9. The fraction of sp³-hybridized carbons (Fsp3) is 0.714. The molecule has 0 aliphatic carbocycles. The number of nitrogens with one attached hydrogen (secondary N) is 2. The first-order valence-corrected chi connectivity index (χ1v) is 7.25. The van der Waals surface area contributed by atoms with Crippen molar-refractivity contribution >= 4 is 11.8 Å². The van der Waals surface area contributed by atoms with Crippen LogP contribution in [0.15, 0.2) is 6.07 Å². The number of hydrogen-bond donors (Lipinski definition) is 2. The number of hydrogen-bond acceptors (Lipinski definition) is 3. The number of aryl methyl sites for hydroxylation is 2. The molecule has 1 aliphatic heterocycles. The summed E-state index contributed by atoms with van der Waals surface area (Å²) in [7, 11) is 1.82. The second-order valence-electron chi connectivity index (χ2n) is 5.87. The quantitative estimate of drug-likeness (QED) is 0.879. The molecule has 1 unspecified atom stereocenters. The number of rotatable bonds is 4. The number of nitrogens with zero attached hydrogens (tertiary/aromatic N) is 3. The number of anilines is 1. The highest BCUT2D eigenvalue weighted by atomic mass is 16.2. The maximum atomic E-state index is 11.9. The van der Waals surface area contributed by atoms with E-state index in [1.54, 1.807) is 4.68 Å². The number of amides is 2. The van der Waals surface area contributed by atoms with Crippen LogP contribution in [0.25, 0.3) is 0 Å². The van der Waals surface area contributed by atoms with Crippen LogP contribution >= 0.6 is 0 Å². The van der Waals surface area contributed by atoms with E-state index in [2.05, 4.69) is 34.5 Å². The Morgan fingerprint density at radius 3 is 2.85 bits per heavy atom. The number of aromatic nitrogens is 2. The molecule has 2 rings (SSSR count). The molecule has 1 aliphatic rings. The van der Waals surface area contributed by atoms with Gasteiger partial charge >= 0.3 is 6.03 Å². The molecule has 6 nitrogen and oxygen atoms in total. The lowest BCUT2D eigenvalue weighted by Gasteiger charge is -2.20. The Kier molecular flexibility index (Phi) is 4.65. The average Bonchev–Trinajstić information content (AvgIpc) is 2.94. The Labute approximate surface area is 120 Å². The van der Waals surface area contributed by atoms with E-state index in [1.807, 2.05) is 20.0 Å². The summed E-state index contributed by atoms with van der Waals surface area (Å²) in [5.41, 5.74) is 0.895. The van der Waals surface area contributed by atoms with Crippen LogP contribution in [0.4, 0.5) is 10.6 Å². The van der Waals surface area contributed by atoms with Crippen molar-refractivity contribution < 1.29 is 4.79 Å². The second-order valence-corrected chi connectivity index (χ2v) is 5.87. The molecular weight excluding hydrogens is 254 g/mol. The monoisotopic (exact) mass is 279 g/mol. The van der Waals surface area contributed by atoms with Crippen LogP contribution in [0.5, 0.6) is 0 Å². The minimum Gasteiger partial charge on any atom is -0.338 e. The first-order chi connectivity index (χ1) is 9.45. The van der Waals surface area contributed by atoms with Crippen molar-refractivity contribution in [2.45, 2.75) is 33.2 Å². The van der Waals surface area contributed by atoms with Crippen LogP contribution in [0.1, 0.15) is 26.0 Å². The highest BCUT2D eigenvalue weighted by molar-refractivity contribution is 5.88. The van der Waals surface area contributed by atoms with Crippen molar-refractivity contribution in [1.82, 2.24) is 20.0 Å². The summed E-state index contributed by atoms with van der Waals surface area (Å²) >= 11 is 0. The van der Waals surface area contributed by atoms with Crippen LogP contribution in [0.3, 0.4) is 0 Å². The van der Waals surface area contributed by atoms with Gasteiger partial charge in [0.1, 0.15) is 5.82 Å². The van der Waals surface area contributed by atoms with E-state index in [4.69, 9.17) is 0 Å². The molecular formula is C14H25N5O. The van der Waals surface area contributed by atoms with Crippen LogP contribution in [0.2, 0.25) is 0 Å². The Hall–Kier alpha value is -1.56. The molecule has 1 aromatic heterocycles. The molecule has 0 aromatic carbocycles. The molecule has 0 saturated carbocycles. The predicted octanol–water partition coefficient (Wildman–Crippen LogP) is 1.58. The van der Waals surface area contributed by atoms with Crippen molar-refractivity contribution in [3.05, 3.63) is 11.8 Å². The van der Waals surface area contributed by atoms with Gasteiger partial charge in [0.2, 0.25) is 0 Å². The zero-order chi connectivity index (χ0) is 14.7. The minimum atomic E-state index is -0.156. The molecule has 112 valence electrons. The highest BCUT2D eigenvalue weighted by Crippen LogP contribution is 2.17. The van der Waals surface area contributed by atoms with E-state index in [0.29, 0.717) is 12.0 Å². The van der Waals surface area contributed by atoms with E-state index in [9.17, 15) is 4.79 Å². The van der Waals surface area contributed by atoms with E-state index >= 15 is 0 Å². The molecule has 2 N–H and O–H groups in total. The van der Waals surface area contributed by atoms with Gasteiger partial charge in [0.15, 0.2) is 0 Å². The van der Waals surface area contributed by atoms with E-state index in [1.165, 1.54) is 0 Å². The average molecular weight is 279 g/mol. The molecule has 2 heterocycles. The van der Waals surface area contributed by atoms with Gasteiger partial charge in [0.05, 0.1) is 5.69 Å². The number of urea groups is 1. The zero-order valence-corrected chi connectivity index (χ0v) is 12.8. The summed E-state index contributed by atoms with van der Waals surface area (Å²) in [6.45, 7) is 9.27. The van der Waals surface area contributed by atoms with Gasteiger partial charge in [-0.05, 0) is 39.7 Å². The van der Waals surface area contributed by atoms with Gasteiger partial charge in [0.25, 0.3) is 0 Å². The smallest absolute Gasteiger partial charge is 0.320 e. The zero-order valence-electron chi connectivity index (χ0n) is 12.8. The predicted molar refractivity (Wildman–Crippen MR) is 79.8 cm³/mol. The van der Waals surface area contributed by atoms with E-state index in [0.717, 1.165) is 37.6 Å². The molecule has 1 aromatic rings. The Bertz CT molecular complexity index is 468. The summed E-state index contributed by atoms with van der Waals surface area (Å²) in [4.78, 5) is 14.3. The van der Waals surface area contributed by atoms with Crippen molar-refractivity contribution in [2.24, 2.45) is 13.0 Å². The van der Waals surface area contributed by atoms with E-state index in [-0.39, 0.29) is 6.03 Å². The topological polar surface area (TPSA) is 62.2 Å². The molecule has 0 spiro atoms. The molecule has 2 amide bonds. The lowest BCUT2D eigenvalue weighted by atomic mass is 10.1. The van der Waals surface area contributed by atoms with Gasteiger partial charge in [-0.25, -0.2) is 4.79 Å². The highest BCUT2D eigenvalue weighted by Gasteiger charge is 2.24.